The second-order valence-corrected chi connectivity index (χ2v) is 8.42. The van der Waals surface area contributed by atoms with Crippen LogP contribution in [0.2, 0.25) is 0 Å². The number of rotatable bonds is 5. The van der Waals surface area contributed by atoms with E-state index in [0.717, 1.165) is 12.0 Å². The van der Waals surface area contributed by atoms with Gasteiger partial charge >= 0.3 is 0 Å². The second-order valence-electron chi connectivity index (χ2n) is 6.19. The van der Waals surface area contributed by atoms with Crippen molar-refractivity contribution >= 4 is 15.6 Å². The minimum Gasteiger partial charge on any atom is -0.312 e. The maximum absolute atomic E-state index is 12.3. The molecule has 5 heteroatoms. The van der Waals surface area contributed by atoms with Crippen LogP contribution < -0.4 is 5.32 Å². The lowest BCUT2D eigenvalue weighted by molar-refractivity contribution is 0.0971. The Labute approximate surface area is 126 Å². The zero-order valence-electron chi connectivity index (χ0n) is 12.6. The Morgan fingerprint density at radius 3 is 2.81 bits per heavy atom. The van der Waals surface area contributed by atoms with Crippen LogP contribution in [0.3, 0.4) is 0 Å². The predicted molar refractivity (Wildman–Crippen MR) is 84.4 cm³/mol. The van der Waals surface area contributed by atoms with Crippen molar-refractivity contribution in [3.63, 3.8) is 0 Å². The first kappa shape index (κ1) is 16.2. The fraction of sp³-hybridized carbons (Fsp3) is 0.562. The third-order valence-electron chi connectivity index (χ3n) is 3.63. The summed E-state index contributed by atoms with van der Waals surface area (Å²) in [6.45, 7) is 4.73. The van der Waals surface area contributed by atoms with Gasteiger partial charge in [0.05, 0.1) is 11.5 Å². The van der Waals surface area contributed by atoms with Crippen molar-refractivity contribution in [3.05, 3.63) is 35.4 Å². The molecule has 2 rings (SSSR count). The molecule has 1 N–H and O–H groups in total. The summed E-state index contributed by atoms with van der Waals surface area (Å²) in [5, 5.41) is 3.12. The number of carbonyl (C=O) groups excluding carboxylic acids is 1. The number of Topliss-reactive ketones (excluding diaryl/α,β-unsaturated/α-hetero) is 1. The summed E-state index contributed by atoms with van der Waals surface area (Å²) >= 11 is 0. The number of carbonyl (C=O) groups is 1. The number of hydrogen-bond donors (Lipinski definition) is 1. The van der Waals surface area contributed by atoms with Crippen molar-refractivity contribution < 1.29 is 13.2 Å². The molecule has 1 fully saturated rings. The Hall–Kier alpha value is -1.20. The summed E-state index contributed by atoms with van der Waals surface area (Å²) in [4.78, 5) is 12.3. The normalized spacial score (nSPS) is 21.4. The first-order valence-electron chi connectivity index (χ1n) is 7.41. The quantitative estimate of drug-likeness (QED) is 0.843. The molecule has 21 heavy (non-hydrogen) atoms. The summed E-state index contributed by atoms with van der Waals surface area (Å²) in [6.07, 6.45) is 1.18. The van der Waals surface area contributed by atoms with E-state index in [1.54, 1.807) is 0 Å². The number of hydrogen-bond acceptors (Lipinski definition) is 4. The molecule has 0 saturated carbocycles. The van der Waals surface area contributed by atoms with Gasteiger partial charge in [-0.25, -0.2) is 8.42 Å². The number of benzene rings is 1. The van der Waals surface area contributed by atoms with Crippen LogP contribution in [0.1, 0.15) is 36.2 Å². The summed E-state index contributed by atoms with van der Waals surface area (Å²) in [5.41, 5.74) is 1.83. The highest BCUT2D eigenvalue weighted by atomic mass is 32.2. The largest absolute Gasteiger partial charge is 0.312 e. The van der Waals surface area contributed by atoms with E-state index in [0.29, 0.717) is 18.0 Å². The van der Waals surface area contributed by atoms with Crippen molar-refractivity contribution in [2.75, 3.05) is 18.1 Å². The minimum absolute atomic E-state index is 0.00945. The average molecular weight is 309 g/mol. The van der Waals surface area contributed by atoms with Gasteiger partial charge in [0, 0.05) is 24.6 Å². The van der Waals surface area contributed by atoms with Crippen LogP contribution >= 0.6 is 0 Å². The Kier molecular flexibility index (Phi) is 5.17. The highest BCUT2D eigenvalue weighted by Crippen LogP contribution is 2.14. The van der Waals surface area contributed by atoms with E-state index < -0.39 is 9.84 Å². The van der Waals surface area contributed by atoms with Gasteiger partial charge < -0.3 is 5.32 Å². The van der Waals surface area contributed by atoms with Gasteiger partial charge in [-0.1, -0.05) is 32.0 Å². The molecule has 1 aliphatic heterocycles. The summed E-state index contributed by atoms with van der Waals surface area (Å²) < 4.78 is 23.2. The highest BCUT2D eigenvalue weighted by molar-refractivity contribution is 7.91. The molecule has 116 valence electrons. The van der Waals surface area contributed by atoms with Crippen molar-refractivity contribution in [3.8, 4) is 0 Å². The Morgan fingerprint density at radius 2 is 2.14 bits per heavy atom. The van der Waals surface area contributed by atoms with Gasteiger partial charge in [-0.05, 0) is 24.0 Å². The van der Waals surface area contributed by atoms with Gasteiger partial charge in [0.1, 0.15) is 0 Å². The Bertz CT molecular complexity index is 608. The van der Waals surface area contributed by atoms with Crippen molar-refractivity contribution in [2.45, 2.75) is 32.7 Å². The number of sulfone groups is 1. The number of nitrogens with one attached hydrogen (secondary N) is 1. The van der Waals surface area contributed by atoms with E-state index in [1.807, 2.05) is 24.3 Å². The van der Waals surface area contributed by atoms with Crippen LogP contribution in [-0.2, 0) is 16.3 Å². The molecule has 0 spiro atoms. The molecule has 0 bridgehead atoms. The minimum atomic E-state index is -3.00. The maximum atomic E-state index is 12.3. The van der Waals surface area contributed by atoms with Gasteiger partial charge in [0.25, 0.3) is 0 Å². The molecule has 1 aliphatic rings. The van der Waals surface area contributed by atoms with Crippen LogP contribution in [0.5, 0.6) is 0 Å². The molecule has 1 atom stereocenters. The molecular formula is C16H23NO3S. The van der Waals surface area contributed by atoms with E-state index in [-0.39, 0.29) is 29.8 Å². The zero-order valence-corrected chi connectivity index (χ0v) is 13.4. The van der Waals surface area contributed by atoms with Gasteiger partial charge in [-0.3, -0.25) is 4.79 Å². The van der Waals surface area contributed by atoms with Crippen LogP contribution in [0.25, 0.3) is 0 Å². The molecule has 0 aliphatic carbocycles. The van der Waals surface area contributed by atoms with Crippen LogP contribution in [0, 0.1) is 5.92 Å². The van der Waals surface area contributed by atoms with Crippen molar-refractivity contribution in [2.24, 2.45) is 5.92 Å². The smallest absolute Gasteiger partial charge is 0.164 e. The molecule has 1 unspecified atom stereocenters. The molecule has 1 heterocycles. The van der Waals surface area contributed by atoms with Crippen LogP contribution in [-0.4, -0.2) is 38.3 Å². The van der Waals surface area contributed by atoms with E-state index >= 15 is 0 Å². The van der Waals surface area contributed by atoms with Gasteiger partial charge in [0.2, 0.25) is 0 Å². The number of ketones is 1. The fourth-order valence-electron chi connectivity index (χ4n) is 2.68. The van der Waals surface area contributed by atoms with Gasteiger partial charge in [-0.2, -0.15) is 0 Å². The van der Waals surface area contributed by atoms with E-state index in [2.05, 4.69) is 19.2 Å². The molecule has 0 amide bonds. The first-order chi connectivity index (χ1) is 9.85. The monoisotopic (exact) mass is 309 g/mol. The Morgan fingerprint density at radius 1 is 1.38 bits per heavy atom. The molecule has 1 aromatic carbocycles. The predicted octanol–water partition coefficient (Wildman–Crippen LogP) is 1.84. The Balaban J connectivity index is 2.03. The van der Waals surface area contributed by atoms with Crippen molar-refractivity contribution in [1.82, 2.24) is 5.32 Å². The topological polar surface area (TPSA) is 63.2 Å². The van der Waals surface area contributed by atoms with E-state index in [9.17, 15) is 13.2 Å². The summed E-state index contributed by atoms with van der Waals surface area (Å²) in [5.74, 6) is 0.780. The molecule has 1 aromatic rings. The van der Waals surface area contributed by atoms with Gasteiger partial charge in [0.15, 0.2) is 15.6 Å². The molecule has 1 saturated heterocycles. The lowest BCUT2D eigenvalue weighted by atomic mass is 9.98. The second kappa shape index (κ2) is 6.71. The molecule has 0 aromatic heterocycles. The molecular weight excluding hydrogens is 286 g/mol. The zero-order chi connectivity index (χ0) is 15.5. The van der Waals surface area contributed by atoms with Crippen molar-refractivity contribution in [1.29, 1.82) is 0 Å². The fourth-order valence-corrected chi connectivity index (χ4v) is 4.13. The standard InChI is InChI=1S/C16H23NO3S/c1-12(2)8-13-4-3-5-14(9-13)16(18)10-15-11-21(19,20)7-6-17-15/h3-5,9,12,15,17H,6-8,10-11H2,1-2H3. The summed E-state index contributed by atoms with van der Waals surface area (Å²) in [6, 6.07) is 7.41. The molecule has 0 radical (unpaired) electrons. The molecule has 4 nitrogen and oxygen atoms in total. The summed E-state index contributed by atoms with van der Waals surface area (Å²) in [7, 11) is -3.00. The van der Waals surface area contributed by atoms with Gasteiger partial charge in [-0.15, -0.1) is 0 Å². The third kappa shape index (κ3) is 4.93. The van der Waals surface area contributed by atoms with Crippen LogP contribution in [0.4, 0.5) is 0 Å². The first-order valence-corrected chi connectivity index (χ1v) is 9.24. The SMILES string of the molecule is CC(C)Cc1cccc(C(=O)CC2CS(=O)(=O)CCN2)c1. The average Bonchev–Trinajstić information content (AvgIpc) is 2.37. The third-order valence-corrected chi connectivity index (χ3v) is 5.36. The lowest BCUT2D eigenvalue weighted by Crippen LogP contribution is -2.46. The van der Waals surface area contributed by atoms with E-state index in [4.69, 9.17) is 0 Å². The maximum Gasteiger partial charge on any atom is 0.164 e. The van der Waals surface area contributed by atoms with Crippen LogP contribution in [0.15, 0.2) is 24.3 Å². The van der Waals surface area contributed by atoms with E-state index in [1.165, 1.54) is 0 Å². The highest BCUT2D eigenvalue weighted by Gasteiger charge is 2.26. The lowest BCUT2D eigenvalue weighted by Gasteiger charge is -2.23.